The number of para-hydroxylation sites is 3. The molecule has 0 unspecified atom stereocenters. The number of fused-ring (bicyclic) bond motifs is 5. The monoisotopic (exact) mass is 495 g/mol. The van der Waals surface area contributed by atoms with Crippen molar-refractivity contribution in [3.8, 4) is 27.9 Å². The molecule has 0 aliphatic carbocycles. The molecule has 8 aromatic rings. The average molecular weight is 496 g/mol. The van der Waals surface area contributed by atoms with Gasteiger partial charge >= 0.3 is 0 Å². The van der Waals surface area contributed by atoms with Crippen LogP contribution in [0.2, 0.25) is 0 Å². The molecule has 1 nitrogen and oxygen atoms in total. The number of hydrogen-bond donors (Lipinski definition) is 0. The number of hydrogen-bond acceptors (Lipinski definition) is 0. The maximum atomic E-state index is 2.44. The van der Waals surface area contributed by atoms with Gasteiger partial charge in [-0.3, -0.25) is 0 Å². The molecule has 7 aromatic carbocycles. The van der Waals surface area contributed by atoms with Gasteiger partial charge in [-0.1, -0.05) is 133 Å². The average Bonchev–Trinajstić information content (AvgIpc) is 3.35. The Kier molecular flexibility index (Phi) is 4.89. The zero-order valence-corrected chi connectivity index (χ0v) is 21.4. The van der Waals surface area contributed by atoms with Crippen LogP contribution in [-0.2, 0) is 0 Å². The van der Waals surface area contributed by atoms with Crippen molar-refractivity contribution in [3.63, 3.8) is 0 Å². The third kappa shape index (κ3) is 3.27. The lowest BCUT2D eigenvalue weighted by Crippen LogP contribution is -1.96. The summed E-state index contributed by atoms with van der Waals surface area (Å²) in [6, 6.07) is 54.9. The highest BCUT2D eigenvalue weighted by atomic mass is 15.0. The molecule has 0 aliphatic rings. The van der Waals surface area contributed by atoms with Crippen LogP contribution in [0.15, 0.2) is 152 Å². The molecular formula is C38H25N. The highest BCUT2D eigenvalue weighted by Gasteiger charge is 2.21. The summed E-state index contributed by atoms with van der Waals surface area (Å²) in [6.07, 6.45) is 0. The van der Waals surface area contributed by atoms with Crippen LogP contribution in [0.1, 0.15) is 0 Å². The Labute approximate surface area is 227 Å². The molecule has 0 aliphatic heterocycles. The lowest BCUT2D eigenvalue weighted by Gasteiger charge is -2.19. The van der Waals surface area contributed by atoms with Crippen molar-refractivity contribution < 1.29 is 0 Å². The summed E-state index contributed by atoms with van der Waals surface area (Å²) in [4.78, 5) is 0. The van der Waals surface area contributed by atoms with Crippen molar-refractivity contribution in [3.05, 3.63) is 152 Å². The number of benzene rings is 7. The fourth-order valence-electron chi connectivity index (χ4n) is 6.40. The van der Waals surface area contributed by atoms with E-state index in [0.29, 0.717) is 0 Å². The van der Waals surface area contributed by atoms with Gasteiger partial charge in [0, 0.05) is 22.0 Å². The second kappa shape index (κ2) is 8.72. The molecule has 0 saturated carbocycles. The molecule has 182 valence electrons. The minimum Gasteiger partial charge on any atom is -0.309 e. The number of rotatable bonds is 3. The molecule has 1 aromatic heterocycles. The molecule has 1 heterocycles. The van der Waals surface area contributed by atoms with Crippen molar-refractivity contribution >= 4 is 43.4 Å². The fourth-order valence-corrected chi connectivity index (χ4v) is 6.40. The molecule has 0 amide bonds. The lowest BCUT2D eigenvalue weighted by atomic mass is 9.85. The first-order valence-electron chi connectivity index (χ1n) is 13.5. The number of aromatic nitrogens is 1. The Hall–Kier alpha value is -5.14. The molecule has 0 spiro atoms. The van der Waals surface area contributed by atoms with Crippen LogP contribution in [0, 0.1) is 0 Å². The van der Waals surface area contributed by atoms with Crippen LogP contribution in [-0.4, -0.2) is 4.57 Å². The van der Waals surface area contributed by atoms with Crippen molar-refractivity contribution in [2.45, 2.75) is 0 Å². The van der Waals surface area contributed by atoms with Gasteiger partial charge in [0.15, 0.2) is 0 Å². The van der Waals surface area contributed by atoms with Gasteiger partial charge in [-0.05, 0) is 56.4 Å². The molecule has 1 heteroatoms. The van der Waals surface area contributed by atoms with Crippen molar-refractivity contribution in [2.75, 3.05) is 0 Å². The van der Waals surface area contributed by atoms with E-state index in [1.165, 1.54) is 71.3 Å². The lowest BCUT2D eigenvalue weighted by molar-refractivity contribution is 1.18. The van der Waals surface area contributed by atoms with Gasteiger partial charge in [0.1, 0.15) is 0 Å². The van der Waals surface area contributed by atoms with E-state index in [2.05, 4.69) is 156 Å². The highest BCUT2D eigenvalue weighted by Crippen LogP contribution is 2.46. The molecule has 0 radical (unpaired) electrons. The van der Waals surface area contributed by atoms with Gasteiger partial charge in [-0.2, -0.15) is 0 Å². The van der Waals surface area contributed by atoms with Gasteiger partial charge in [-0.15, -0.1) is 0 Å². The van der Waals surface area contributed by atoms with Crippen LogP contribution in [0.25, 0.3) is 71.3 Å². The van der Waals surface area contributed by atoms with Crippen molar-refractivity contribution in [2.24, 2.45) is 0 Å². The first-order valence-corrected chi connectivity index (χ1v) is 13.5. The summed E-state index contributed by atoms with van der Waals surface area (Å²) in [6.45, 7) is 0. The number of nitrogens with zero attached hydrogens (tertiary/aromatic N) is 1. The Morgan fingerprint density at radius 1 is 0.333 bits per heavy atom. The fraction of sp³-hybridized carbons (Fsp3) is 0. The van der Waals surface area contributed by atoms with E-state index in [1.54, 1.807) is 0 Å². The molecule has 0 fully saturated rings. The van der Waals surface area contributed by atoms with E-state index in [4.69, 9.17) is 0 Å². The summed E-state index contributed by atoms with van der Waals surface area (Å²) in [7, 11) is 0. The van der Waals surface area contributed by atoms with E-state index in [1.807, 2.05) is 0 Å². The van der Waals surface area contributed by atoms with E-state index in [0.717, 1.165) is 0 Å². The molecular weight excluding hydrogens is 470 g/mol. The summed E-state index contributed by atoms with van der Waals surface area (Å²) < 4.78 is 2.44. The molecule has 0 atom stereocenters. The van der Waals surface area contributed by atoms with Crippen molar-refractivity contribution in [1.82, 2.24) is 4.57 Å². The summed E-state index contributed by atoms with van der Waals surface area (Å²) in [5.74, 6) is 0. The Balaban J connectivity index is 1.60. The summed E-state index contributed by atoms with van der Waals surface area (Å²) in [5, 5.41) is 7.63. The Bertz CT molecular complexity index is 2090. The highest BCUT2D eigenvalue weighted by molar-refractivity contribution is 6.25. The first-order chi connectivity index (χ1) is 19.4. The zero-order chi connectivity index (χ0) is 25.8. The standard InChI is InChI=1S/C38H25N/c1-3-14-26(15-4-1)36-29-19-7-9-21-31(29)37(32-22-10-8-20-30(32)36)34-24-13-23-33-28-18-11-12-25-35(28)39(38(33)34)27-16-5-2-6-17-27/h1-25H. The van der Waals surface area contributed by atoms with Gasteiger partial charge < -0.3 is 4.57 Å². The maximum Gasteiger partial charge on any atom is 0.0619 e. The third-order valence-electron chi connectivity index (χ3n) is 7.97. The SMILES string of the molecule is c1ccc(-c2c3ccccc3c(-c3cccc4c5ccccc5n(-c5ccccc5)c34)c3ccccc23)cc1. The van der Waals surface area contributed by atoms with Crippen LogP contribution in [0.5, 0.6) is 0 Å². The molecule has 39 heavy (non-hydrogen) atoms. The maximum absolute atomic E-state index is 2.44. The van der Waals surface area contributed by atoms with Gasteiger partial charge in [0.2, 0.25) is 0 Å². The normalized spacial score (nSPS) is 11.6. The van der Waals surface area contributed by atoms with Gasteiger partial charge in [-0.25, -0.2) is 0 Å². The van der Waals surface area contributed by atoms with E-state index in [-0.39, 0.29) is 0 Å². The van der Waals surface area contributed by atoms with Crippen LogP contribution >= 0.6 is 0 Å². The molecule has 0 N–H and O–H groups in total. The summed E-state index contributed by atoms with van der Waals surface area (Å²) in [5.41, 5.74) is 8.71. The topological polar surface area (TPSA) is 4.93 Å². The summed E-state index contributed by atoms with van der Waals surface area (Å²) >= 11 is 0. The third-order valence-corrected chi connectivity index (χ3v) is 7.97. The van der Waals surface area contributed by atoms with E-state index in [9.17, 15) is 0 Å². The Morgan fingerprint density at radius 2 is 0.821 bits per heavy atom. The van der Waals surface area contributed by atoms with Crippen LogP contribution in [0.3, 0.4) is 0 Å². The second-order valence-corrected chi connectivity index (χ2v) is 10.1. The largest absolute Gasteiger partial charge is 0.309 e. The molecule has 8 rings (SSSR count). The van der Waals surface area contributed by atoms with Gasteiger partial charge in [0.05, 0.1) is 11.0 Å². The van der Waals surface area contributed by atoms with E-state index >= 15 is 0 Å². The quantitative estimate of drug-likeness (QED) is 0.215. The first kappa shape index (κ1) is 21.9. The molecule has 0 saturated heterocycles. The minimum absolute atomic E-state index is 1.17. The van der Waals surface area contributed by atoms with Crippen LogP contribution in [0.4, 0.5) is 0 Å². The molecule has 0 bridgehead atoms. The van der Waals surface area contributed by atoms with Crippen molar-refractivity contribution in [1.29, 1.82) is 0 Å². The zero-order valence-electron chi connectivity index (χ0n) is 21.4. The smallest absolute Gasteiger partial charge is 0.0619 e. The predicted molar refractivity (Wildman–Crippen MR) is 167 cm³/mol. The van der Waals surface area contributed by atoms with E-state index < -0.39 is 0 Å². The Morgan fingerprint density at radius 3 is 1.46 bits per heavy atom. The van der Waals surface area contributed by atoms with Crippen LogP contribution < -0.4 is 0 Å². The predicted octanol–water partition coefficient (Wildman–Crippen LogP) is 10.4. The second-order valence-electron chi connectivity index (χ2n) is 10.1. The van der Waals surface area contributed by atoms with Gasteiger partial charge in [0.25, 0.3) is 0 Å². The minimum atomic E-state index is 1.17.